The predicted octanol–water partition coefficient (Wildman–Crippen LogP) is 5.04. The topological polar surface area (TPSA) is 55.1 Å². The Morgan fingerprint density at radius 1 is 1.17 bits per heavy atom. The average molecular weight is 355 g/mol. The van der Waals surface area contributed by atoms with Crippen molar-refractivity contribution in [1.82, 2.24) is 4.98 Å². The lowest BCUT2D eigenvalue weighted by Gasteiger charge is -2.07. The van der Waals surface area contributed by atoms with Crippen LogP contribution in [0.1, 0.15) is 6.42 Å². The summed E-state index contributed by atoms with van der Waals surface area (Å²) in [7, 11) is 0. The molecule has 0 radical (unpaired) electrons. The van der Waals surface area contributed by atoms with Crippen molar-refractivity contribution in [2.24, 2.45) is 0 Å². The van der Waals surface area contributed by atoms with E-state index in [1.54, 1.807) is 24.3 Å². The number of aromatic nitrogens is 1. The van der Waals surface area contributed by atoms with Crippen LogP contribution in [-0.4, -0.2) is 17.1 Å². The maximum absolute atomic E-state index is 12.2. The van der Waals surface area contributed by atoms with E-state index in [0.29, 0.717) is 27.6 Å². The summed E-state index contributed by atoms with van der Waals surface area (Å²) in [6.07, 6.45) is -6.09. The standard InChI is InChI=1S/C16H10ClF3N2O2/c17-10-3-1-9(2-4-10)15-22-12-7-11(5-6-13(12)24-15)21-14(23)8-16(18,19)20/h1-7H,8H2,(H,21,23). The molecular weight excluding hydrogens is 345 g/mol. The smallest absolute Gasteiger partial charge is 0.397 e. The van der Waals surface area contributed by atoms with Crippen molar-refractivity contribution < 1.29 is 22.4 Å². The Hall–Kier alpha value is -2.54. The molecule has 3 rings (SSSR count). The van der Waals surface area contributed by atoms with Crippen molar-refractivity contribution in [3.63, 3.8) is 0 Å². The largest absolute Gasteiger partial charge is 0.436 e. The molecule has 0 bridgehead atoms. The Morgan fingerprint density at radius 3 is 2.54 bits per heavy atom. The van der Waals surface area contributed by atoms with Gasteiger partial charge >= 0.3 is 6.18 Å². The Balaban J connectivity index is 1.84. The van der Waals surface area contributed by atoms with Gasteiger partial charge in [-0.05, 0) is 42.5 Å². The van der Waals surface area contributed by atoms with Crippen LogP contribution in [0.4, 0.5) is 18.9 Å². The average Bonchev–Trinajstić information content (AvgIpc) is 2.89. The number of hydrogen-bond donors (Lipinski definition) is 1. The number of benzene rings is 2. The minimum atomic E-state index is -4.55. The minimum Gasteiger partial charge on any atom is -0.436 e. The molecule has 4 nitrogen and oxygen atoms in total. The number of alkyl halides is 3. The van der Waals surface area contributed by atoms with Crippen molar-refractivity contribution in [3.05, 3.63) is 47.5 Å². The first-order valence-electron chi connectivity index (χ1n) is 6.83. The Labute approximate surface area is 139 Å². The van der Waals surface area contributed by atoms with Gasteiger partial charge in [0, 0.05) is 16.3 Å². The highest BCUT2D eigenvalue weighted by Crippen LogP contribution is 2.27. The van der Waals surface area contributed by atoms with Gasteiger partial charge in [0.1, 0.15) is 11.9 Å². The molecule has 0 aliphatic carbocycles. The molecule has 0 aliphatic heterocycles. The molecule has 0 spiro atoms. The minimum absolute atomic E-state index is 0.215. The third-order valence-electron chi connectivity index (χ3n) is 3.12. The number of hydrogen-bond acceptors (Lipinski definition) is 3. The van der Waals surface area contributed by atoms with Crippen molar-refractivity contribution in [3.8, 4) is 11.5 Å². The Morgan fingerprint density at radius 2 is 1.88 bits per heavy atom. The Kier molecular flexibility index (Phi) is 4.19. The van der Waals surface area contributed by atoms with Gasteiger partial charge in [0.25, 0.3) is 0 Å². The maximum Gasteiger partial charge on any atom is 0.397 e. The summed E-state index contributed by atoms with van der Waals surface area (Å²) in [5.74, 6) is -0.788. The van der Waals surface area contributed by atoms with Crippen LogP contribution >= 0.6 is 11.6 Å². The molecule has 0 atom stereocenters. The number of fused-ring (bicyclic) bond motifs is 1. The number of oxazole rings is 1. The van der Waals surface area contributed by atoms with E-state index in [4.69, 9.17) is 16.0 Å². The van der Waals surface area contributed by atoms with Gasteiger partial charge in [0.2, 0.25) is 11.8 Å². The molecule has 1 heterocycles. The van der Waals surface area contributed by atoms with E-state index in [0.717, 1.165) is 0 Å². The zero-order valence-corrected chi connectivity index (χ0v) is 12.8. The molecule has 0 saturated carbocycles. The number of nitrogens with one attached hydrogen (secondary N) is 1. The monoisotopic (exact) mass is 354 g/mol. The molecule has 3 aromatic rings. The lowest BCUT2D eigenvalue weighted by Crippen LogP contribution is -2.21. The SMILES string of the molecule is O=C(CC(F)(F)F)Nc1ccc2oc(-c3ccc(Cl)cc3)nc2c1. The second-order valence-electron chi connectivity index (χ2n) is 5.05. The van der Waals surface area contributed by atoms with Crippen LogP contribution < -0.4 is 5.32 Å². The fourth-order valence-corrected chi connectivity index (χ4v) is 2.23. The van der Waals surface area contributed by atoms with Gasteiger partial charge < -0.3 is 9.73 Å². The van der Waals surface area contributed by atoms with E-state index < -0.39 is 18.5 Å². The molecule has 24 heavy (non-hydrogen) atoms. The van der Waals surface area contributed by atoms with Crippen molar-refractivity contribution in [1.29, 1.82) is 0 Å². The summed E-state index contributed by atoms with van der Waals surface area (Å²) in [5.41, 5.74) is 1.80. The van der Waals surface area contributed by atoms with Gasteiger partial charge in [-0.1, -0.05) is 11.6 Å². The quantitative estimate of drug-likeness (QED) is 0.717. The van der Waals surface area contributed by atoms with Crippen LogP contribution in [0.15, 0.2) is 46.9 Å². The molecule has 1 amide bonds. The summed E-state index contributed by atoms with van der Waals surface area (Å²) in [5, 5.41) is 2.76. The molecule has 1 N–H and O–H groups in total. The van der Waals surface area contributed by atoms with E-state index in [-0.39, 0.29) is 5.69 Å². The van der Waals surface area contributed by atoms with Crippen molar-refractivity contribution >= 4 is 34.3 Å². The van der Waals surface area contributed by atoms with E-state index in [1.807, 2.05) is 0 Å². The van der Waals surface area contributed by atoms with E-state index in [1.165, 1.54) is 18.2 Å². The number of halogens is 4. The summed E-state index contributed by atoms with van der Waals surface area (Å²) in [6.45, 7) is 0. The highest BCUT2D eigenvalue weighted by atomic mass is 35.5. The zero-order chi connectivity index (χ0) is 17.3. The molecule has 124 valence electrons. The van der Waals surface area contributed by atoms with Crippen molar-refractivity contribution in [2.45, 2.75) is 12.6 Å². The molecule has 1 aromatic heterocycles. The Bertz CT molecular complexity index is 888. The number of nitrogens with zero attached hydrogens (tertiary/aromatic N) is 1. The summed E-state index contributed by atoms with van der Waals surface area (Å²) in [6, 6.07) is 11.3. The molecule has 0 aliphatic rings. The van der Waals surface area contributed by atoms with Crippen LogP contribution in [0.5, 0.6) is 0 Å². The lowest BCUT2D eigenvalue weighted by molar-refractivity contribution is -0.150. The molecule has 0 saturated heterocycles. The van der Waals surface area contributed by atoms with Gasteiger partial charge in [-0.25, -0.2) is 4.98 Å². The first-order valence-corrected chi connectivity index (χ1v) is 7.21. The fourth-order valence-electron chi connectivity index (χ4n) is 2.11. The first-order chi connectivity index (χ1) is 11.3. The van der Waals surface area contributed by atoms with Crippen molar-refractivity contribution in [2.75, 3.05) is 5.32 Å². The fraction of sp³-hybridized carbons (Fsp3) is 0.125. The van der Waals surface area contributed by atoms with E-state index >= 15 is 0 Å². The van der Waals surface area contributed by atoms with Gasteiger partial charge in [-0.3, -0.25) is 4.79 Å². The summed E-state index contributed by atoms with van der Waals surface area (Å²) >= 11 is 5.82. The molecule has 8 heteroatoms. The molecule has 0 unspecified atom stereocenters. The highest BCUT2D eigenvalue weighted by molar-refractivity contribution is 6.30. The maximum atomic E-state index is 12.2. The van der Waals surface area contributed by atoms with E-state index in [9.17, 15) is 18.0 Å². The predicted molar refractivity (Wildman–Crippen MR) is 83.8 cm³/mol. The van der Waals surface area contributed by atoms with Gasteiger partial charge in [-0.15, -0.1) is 0 Å². The third kappa shape index (κ3) is 3.86. The normalized spacial score (nSPS) is 11.7. The van der Waals surface area contributed by atoms with Crippen LogP contribution in [0.3, 0.4) is 0 Å². The molecule has 2 aromatic carbocycles. The lowest BCUT2D eigenvalue weighted by atomic mass is 10.2. The van der Waals surface area contributed by atoms with Gasteiger partial charge in [0.05, 0.1) is 0 Å². The third-order valence-corrected chi connectivity index (χ3v) is 3.38. The zero-order valence-electron chi connectivity index (χ0n) is 12.0. The summed E-state index contributed by atoms with van der Waals surface area (Å²) in [4.78, 5) is 15.6. The number of carbonyl (C=O) groups is 1. The van der Waals surface area contributed by atoms with Crippen LogP contribution in [0, 0.1) is 0 Å². The van der Waals surface area contributed by atoms with Gasteiger partial charge in [-0.2, -0.15) is 13.2 Å². The number of carbonyl (C=O) groups excluding carboxylic acids is 1. The molecule has 0 fully saturated rings. The van der Waals surface area contributed by atoms with Crippen LogP contribution in [0.25, 0.3) is 22.6 Å². The second kappa shape index (κ2) is 6.16. The summed E-state index contributed by atoms with van der Waals surface area (Å²) < 4.78 is 42.1. The highest BCUT2D eigenvalue weighted by Gasteiger charge is 2.31. The van der Waals surface area contributed by atoms with Gasteiger partial charge in [0.15, 0.2) is 5.58 Å². The van der Waals surface area contributed by atoms with E-state index in [2.05, 4.69) is 10.3 Å². The second-order valence-corrected chi connectivity index (χ2v) is 5.48. The first kappa shape index (κ1) is 16.3. The van der Waals surface area contributed by atoms with Crippen LogP contribution in [-0.2, 0) is 4.79 Å². The number of rotatable bonds is 3. The van der Waals surface area contributed by atoms with Crippen LogP contribution in [0.2, 0.25) is 5.02 Å². The number of anilines is 1. The molecular formula is C16H10ClF3N2O2. The number of amides is 1.